The minimum atomic E-state index is 0.0799. The normalized spacial score (nSPS) is 16.4. The van der Waals surface area contributed by atoms with Crippen LogP contribution in [0.4, 0.5) is 0 Å². The topological polar surface area (TPSA) is 48.0 Å². The number of likely N-dealkylation sites (tertiary alicyclic amines) is 1. The molecule has 5 heteroatoms. The first-order chi connectivity index (χ1) is 14.2. The standard InChI is InChI=1S/C24H27NO4/c1-27-21-8-4-18(5-9-21)2-3-19-12-14-25(15-13-19)24(26)11-7-20-6-10-22-23(16-20)29-17-28-22/h4-11,16,19H,2-3,12-15,17H2,1H3. The highest BCUT2D eigenvalue weighted by atomic mass is 16.7. The van der Waals surface area contributed by atoms with E-state index < -0.39 is 0 Å². The summed E-state index contributed by atoms with van der Waals surface area (Å²) < 4.78 is 15.9. The van der Waals surface area contributed by atoms with Gasteiger partial charge in [0.15, 0.2) is 11.5 Å². The Hall–Kier alpha value is -2.95. The number of aryl methyl sites for hydroxylation is 1. The van der Waals surface area contributed by atoms with Crippen LogP contribution in [0, 0.1) is 5.92 Å². The summed E-state index contributed by atoms with van der Waals surface area (Å²) in [5.41, 5.74) is 2.29. The lowest BCUT2D eigenvalue weighted by Crippen LogP contribution is -2.37. The zero-order valence-electron chi connectivity index (χ0n) is 16.8. The largest absolute Gasteiger partial charge is 0.497 e. The third kappa shape index (κ3) is 4.91. The summed E-state index contributed by atoms with van der Waals surface area (Å²) in [5, 5.41) is 0. The quantitative estimate of drug-likeness (QED) is 0.686. The molecule has 1 saturated heterocycles. The third-order valence-corrected chi connectivity index (χ3v) is 5.74. The molecule has 0 saturated carbocycles. The average molecular weight is 393 g/mol. The lowest BCUT2D eigenvalue weighted by Gasteiger charge is -2.31. The fraction of sp³-hybridized carbons (Fsp3) is 0.375. The third-order valence-electron chi connectivity index (χ3n) is 5.74. The zero-order valence-corrected chi connectivity index (χ0v) is 16.8. The van der Waals surface area contributed by atoms with Gasteiger partial charge in [0.25, 0.3) is 0 Å². The molecule has 2 aliphatic rings. The first-order valence-corrected chi connectivity index (χ1v) is 10.2. The van der Waals surface area contributed by atoms with Crippen molar-refractivity contribution >= 4 is 12.0 Å². The number of amides is 1. The first-order valence-electron chi connectivity index (χ1n) is 10.2. The summed E-state index contributed by atoms with van der Waals surface area (Å²) in [6.45, 7) is 1.92. The van der Waals surface area contributed by atoms with E-state index in [0.717, 1.165) is 55.2 Å². The molecule has 0 radical (unpaired) electrons. The molecule has 2 heterocycles. The van der Waals surface area contributed by atoms with E-state index in [2.05, 4.69) is 12.1 Å². The second-order valence-corrected chi connectivity index (χ2v) is 7.60. The molecule has 152 valence electrons. The van der Waals surface area contributed by atoms with Crippen LogP contribution in [-0.2, 0) is 11.2 Å². The molecule has 2 aromatic carbocycles. The maximum atomic E-state index is 12.5. The molecular weight excluding hydrogens is 366 g/mol. The number of ether oxygens (including phenoxy) is 3. The Kier molecular flexibility index (Phi) is 6.03. The van der Waals surface area contributed by atoms with Gasteiger partial charge in [0.1, 0.15) is 5.75 Å². The molecule has 4 rings (SSSR count). The van der Waals surface area contributed by atoms with Crippen molar-refractivity contribution in [1.29, 1.82) is 0 Å². The van der Waals surface area contributed by atoms with Crippen LogP contribution in [0.15, 0.2) is 48.5 Å². The highest BCUT2D eigenvalue weighted by Gasteiger charge is 2.21. The first kappa shape index (κ1) is 19.4. The average Bonchev–Trinajstić information content (AvgIpc) is 3.24. The van der Waals surface area contributed by atoms with Crippen molar-refractivity contribution in [3.05, 3.63) is 59.7 Å². The Morgan fingerprint density at radius 1 is 1.10 bits per heavy atom. The summed E-state index contributed by atoms with van der Waals surface area (Å²) >= 11 is 0. The lowest BCUT2D eigenvalue weighted by atomic mass is 9.90. The van der Waals surface area contributed by atoms with E-state index in [1.54, 1.807) is 13.2 Å². The van der Waals surface area contributed by atoms with E-state index in [0.29, 0.717) is 5.92 Å². The van der Waals surface area contributed by atoms with Gasteiger partial charge >= 0.3 is 0 Å². The highest BCUT2D eigenvalue weighted by molar-refractivity contribution is 5.91. The summed E-state index contributed by atoms with van der Waals surface area (Å²) in [6.07, 6.45) is 7.89. The Morgan fingerprint density at radius 2 is 1.86 bits per heavy atom. The molecule has 0 aromatic heterocycles. The van der Waals surface area contributed by atoms with E-state index in [1.807, 2.05) is 41.3 Å². The van der Waals surface area contributed by atoms with Gasteiger partial charge in [-0.1, -0.05) is 18.2 Å². The monoisotopic (exact) mass is 393 g/mol. The number of hydrogen-bond donors (Lipinski definition) is 0. The minimum Gasteiger partial charge on any atom is -0.497 e. The molecule has 29 heavy (non-hydrogen) atoms. The van der Waals surface area contributed by atoms with E-state index in [4.69, 9.17) is 14.2 Å². The van der Waals surface area contributed by atoms with Crippen LogP contribution in [0.3, 0.4) is 0 Å². The maximum absolute atomic E-state index is 12.5. The molecule has 0 atom stereocenters. The number of hydrogen-bond acceptors (Lipinski definition) is 4. The molecular formula is C24H27NO4. The van der Waals surface area contributed by atoms with Crippen LogP contribution in [0.2, 0.25) is 0 Å². The number of nitrogens with zero attached hydrogens (tertiary/aromatic N) is 1. The Morgan fingerprint density at radius 3 is 2.62 bits per heavy atom. The molecule has 1 fully saturated rings. The second kappa shape index (κ2) is 9.03. The van der Waals surface area contributed by atoms with Crippen molar-refractivity contribution in [3.63, 3.8) is 0 Å². The van der Waals surface area contributed by atoms with Gasteiger partial charge in [-0.25, -0.2) is 0 Å². The summed E-state index contributed by atoms with van der Waals surface area (Å²) in [4.78, 5) is 14.5. The smallest absolute Gasteiger partial charge is 0.246 e. The molecule has 2 aliphatic heterocycles. The zero-order chi connectivity index (χ0) is 20.1. The maximum Gasteiger partial charge on any atom is 0.246 e. The van der Waals surface area contributed by atoms with Gasteiger partial charge in [-0.15, -0.1) is 0 Å². The van der Waals surface area contributed by atoms with Crippen molar-refractivity contribution in [1.82, 2.24) is 4.90 Å². The van der Waals surface area contributed by atoms with Crippen LogP contribution in [0.5, 0.6) is 17.2 Å². The fourth-order valence-electron chi connectivity index (χ4n) is 3.89. The molecule has 5 nitrogen and oxygen atoms in total. The van der Waals surface area contributed by atoms with E-state index in [1.165, 1.54) is 12.0 Å². The molecule has 1 amide bonds. The molecule has 0 aliphatic carbocycles. The van der Waals surface area contributed by atoms with E-state index in [9.17, 15) is 4.79 Å². The van der Waals surface area contributed by atoms with Crippen molar-refractivity contribution in [2.24, 2.45) is 5.92 Å². The number of piperidine rings is 1. The highest BCUT2D eigenvalue weighted by Crippen LogP contribution is 2.32. The SMILES string of the molecule is COc1ccc(CCC2CCN(C(=O)C=Cc3ccc4c(c3)OCO4)CC2)cc1. The van der Waals surface area contributed by atoms with Gasteiger partial charge in [-0.2, -0.15) is 0 Å². The van der Waals surface area contributed by atoms with Gasteiger partial charge in [0, 0.05) is 19.2 Å². The molecule has 0 unspecified atom stereocenters. The number of fused-ring (bicyclic) bond motifs is 1. The summed E-state index contributed by atoms with van der Waals surface area (Å²) in [5.74, 6) is 3.15. The number of methoxy groups -OCH3 is 1. The van der Waals surface area contributed by atoms with Gasteiger partial charge in [0.05, 0.1) is 7.11 Å². The fourth-order valence-corrected chi connectivity index (χ4v) is 3.89. The predicted octanol–water partition coefficient (Wildman–Crippen LogP) is 4.31. The second-order valence-electron chi connectivity index (χ2n) is 7.60. The van der Waals surface area contributed by atoms with Crippen molar-refractivity contribution in [2.75, 3.05) is 27.0 Å². The van der Waals surface area contributed by atoms with Gasteiger partial charge in [-0.05, 0) is 73.1 Å². The van der Waals surface area contributed by atoms with Crippen LogP contribution in [-0.4, -0.2) is 37.8 Å². The molecule has 0 spiro atoms. The number of carbonyl (C=O) groups excluding carboxylic acids is 1. The van der Waals surface area contributed by atoms with Crippen molar-refractivity contribution < 1.29 is 19.0 Å². The van der Waals surface area contributed by atoms with Gasteiger partial charge in [-0.3, -0.25) is 4.79 Å². The van der Waals surface area contributed by atoms with E-state index in [-0.39, 0.29) is 12.7 Å². The van der Waals surface area contributed by atoms with Crippen molar-refractivity contribution in [3.8, 4) is 17.2 Å². The van der Waals surface area contributed by atoms with Gasteiger partial charge in [0.2, 0.25) is 12.7 Å². The lowest BCUT2D eigenvalue weighted by molar-refractivity contribution is -0.127. The number of carbonyl (C=O) groups is 1. The predicted molar refractivity (Wildman–Crippen MR) is 112 cm³/mol. The van der Waals surface area contributed by atoms with Crippen LogP contribution >= 0.6 is 0 Å². The summed E-state index contributed by atoms with van der Waals surface area (Å²) in [6, 6.07) is 14.0. The Bertz CT molecular complexity index is 867. The van der Waals surface area contributed by atoms with Crippen LogP contribution < -0.4 is 14.2 Å². The van der Waals surface area contributed by atoms with Crippen LogP contribution in [0.1, 0.15) is 30.4 Å². The number of benzene rings is 2. The molecule has 0 bridgehead atoms. The molecule has 0 N–H and O–H groups in total. The van der Waals surface area contributed by atoms with E-state index >= 15 is 0 Å². The summed E-state index contributed by atoms with van der Waals surface area (Å²) in [7, 11) is 1.69. The van der Waals surface area contributed by atoms with Crippen molar-refractivity contribution in [2.45, 2.75) is 25.7 Å². The number of rotatable bonds is 6. The van der Waals surface area contributed by atoms with Crippen LogP contribution in [0.25, 0.3) is 6.08 Å². The Balaban J connectivity index is 1.23. The Labute approximate surface area is 171 Å². The molecule has 2 aromatic rings. The minimum absolute atomic E-state index is 0.0799. The van der Waals surface area contributed by atoms with Gasteiger partial charge < -0.3 is 19.1 Å².